The van der Waals surface area contributed by atoms with Crippen LogP contribution in [0.1, 0.15) is 11.1 Å². The van der Waals surface area contributed by atoms with E-state index in [0.29, 0.717) is 17.2 Å². The monoisotopic (exact) mass is 393 g/mol. The molecule has 4 aromatic rings. The SMILES string of the molecule is Cc1cccc(C)c1NS(=O)(=O)c1ccc(Nc2n[nH]c3cccnc23)cc1. The Hall–Kier alpha value is -3.39. The van der Waals surface area contributed by atoms with Gasteiger partial charge in [-0.25, -0.2) is 8.42 Å². The van der Waals surface area contributed by atoms with Crippen LogP contribution in [0.3, 0.4) is 0 Å². The van der Waals surface area contributed by atoms with E-state index < -0.39 is 10.0 Å². The van der Waals surface area contributed by atoms with Crippen LogP contribution < -0.4 is 10.0 Å². The minimum Gasteiger partial charge on any atom is -0.337 e. The molecule has 0 spiro atoms. The summed E-state index contributed by atoms with van der Waals surface area (Å²) < 4.78 is 28.2. The van der Waals surface area contributed by atoms with Crippen molar-refractivity contribution >= 4 is 38.2 Å². The molecule has 0 aliphatic carbocycles. The summed E-state index contributed by atoms with van der Waals surface area (Å²) >= 11 is 0. The molecule has 0 unspecified atom stereocenters. The number of nitrogens with zero attached hydrogens (tertiary/aromatic N) is 2. The highest BCUT2D eigenvalue weighted by molar-refractivity contribution is 7.92. The van der Waals surface area contributed by atoms with Gasteiger partial charge in [-0.15, -0.1) is 0 Å². The normalized spacial score (nSPS) is 11.5. The highest BCUT2D eigenvalue weighted by Gasteiger charge is 2.16. The summed E-state index contributed by atoms with van der Waals surface area (Å²) in [7, 11) is -3.68. The molecule has 4 rings (SSSR count). The van der Waals surface area contributed by atoms with Crippen molar-refractivity contribution in [3.63, 3.8) is 0 Å². The van der Waals surface area contributed by atoms with Crippen LogP contribution in [0.2, 0.25) is 0 Å². The van der Waals surface area contributed by atoms with Crippen LogP contribution in [0.15, 0.2) is 65.7 Å². The summed E-state index contributed by atoms with van der Waals surface area (Å²) in [4.78, 5) is 4.48. The van der Waals surface area contributed by atoms with E-state index in [4.69, 9.17) is 0 Å². The van der Waals surface area contributed by atoms with Crippen LogP contribution in [0.5, 0.6) is 0 Å². The molecule has 28 heavy (non-hydrogen) atoms. The van der Waals surface area contributed by atoms with Gasteiger partial charge in [-0.05, 0) is 61.4 Å². The van der Waals surface area contributed by atoms with Gasteiger partial charge in [0.25, 0.3) is 10.0 Å². The quantitative estimate of drug-likeness (QED) is 0.474. The van der Waals surface area contributed by atoms with Crippen LogP contribution >= 0.6 is 0 Å². The van der Waals surface area contributed by atoms with Gasteiger partial charge in [0.2, 0.25) is 0 Å². The molecule has 0 atom stereocenters. The lowest BCUT2D eigenvalue weighted by atomic mass is 10.1. The summed E-state index contributed by atoms with van der Waals surface area (Å²) in [6.07, 6.45) is 1.69. The second-order valence-electron chi connectivity index (χ2n) is 6.49. The van der Waals surface area contributed by atoms with E-state index in [9.17, 15) is 8.42 Å². The lowest BCUT2D eigenvalue weighted by Crippen LogP contribution is -2.14. The van der Waals surface area contributed by atoms with Crippen molar-refractivity contribution in [2.75, 3.05) is 10.0 Å². The fourth-order valence-electron chi connectivity index (χ4n) is 2.96. The smallest absolute Gasteiger partial charge is 0.261 e. The van der Waals surface area contributed by atoms with E-state index in [-0.39, 0.29) is 4.90 Å². The molecule has 8 heteroatoms. The number of hydrogen-bond donors (Lipinski definition) is 3. The average Bonchev–Trinajstić information content (AvgIpc) is 3.08. The Morgan fingerprint density at radius 2 is 1.64 bits per heavy atom. The van der Waals surface area contributed by atoms with Crippen molar-refractivity contribution in [3.05, 3.63) is 71.9 Å². The third-order valence-electron chi connectivity index (χ3n) is 4.47. The first kappa shape index (κ1) is 18.0. The molecule has 2 aromatic heterocycles. The first-order chi connectivity index (χ1) is 13.4. The van der Waals surface area contributed by atoms with Crippen LogP contribution in [0.4, 0.5) is 17.2 Å². The number of hydrogen-bond acceptors (Lipinski definition) is 5. The Balaban J connectivity index is 1.57. The van der Waals surface area contributed by atoms with Crippen molar-refractivity contribution in [1.29, 1.82) is 0 Å². The van der Waals surface area contributed by atoms with Gasteiger partial charge in [-0.3, -0.25) is 14.8 Å². The lowest BCUT2D eigenvalue weighted by molar-refractivity contribution is 0.601. The highest BCUT2D eigenvalue weighted by atomic mass is 32.2. The number of aryl methyl sites for hydroxylation is 2. The molecule has 0 saturated carbocycles. The first-order valence-corrected chi connectivity index (χ1v) is 10.2. The minimum absolute atomic E-state index is 0.186. The van der Waals surface area contributed by atoms with E-state index in [1.807, 2.05) is 44.2 Å². The number of fused-ring (bicyclic) bond motifs is 1. The van der Waals surface area contributed by atoms with Crippen molar-refractivity contribution in [2.24, 2.45) is 0 Å². The predicted molar refractivity (Wildman–Crippen MR) is 110 cm³/mol. The standard InChI is InChI=1S/C20H19N5O2S/c1-13-5-3-6-14(2)18(13)25-28(26,27)16-10-8-15(9-11-16)22-20-19-17(23-24-20)7-4-12-21-19/h3-12,25H,1-2H3,(H2,22,23,24). The van der Waals surface area contributed by atoms with Crippen LogP contribution in [0, 0.1) is 13.8 Å². The van der Waals surface area contributed by atoms with Gasteiger partial charge >= 0.3 is 0 Å². The Labute approximate surface area is 162 Å². The van der Waals surface area contributed by atoms with Gasteiger partial charge in [0.15, 0.2) is 5.82 Å². The van der Waals surface area contributed by atoms with Crippen molar-refractivity contribution < 1.29 is 8.42 Å². The molecular formula is C20H19N5O2S. The van der Waals surface area contributed by atoms with Crippen LogP contribution in [-0.2, 0) is 10.0 Å². The highest BCUT2D eigenvalue weighted by Crippen LogP contribution is 2.26. The maximum absolute atomic E-state index is 12.8. The summed E-state index contributed by atoms with van der Waals surface area (Å²) in [5.41, 5.74) is 4.61. The molecule has 0 aliphatic rings. The lowest BCUT2D eigenvalue weighted by Gasteiger charge is -2.13. The summed E-state index contributed by atoms with van der Waals surface area (Å²) in [5.74, 6) is 0.583. The predicted octanol–water partition coefficient (Wildman–Crippen LogP) is 4.12. The van der Waals surface area contributed by atoms with E-state index in [2.05, 4.69) is 25.2 Å². The number of sulfonamides is 1. The Bertz CT molecular complexity index is 1230. The van der Waals surface area contributed by atoms with Crippen molar-refractivity contribution in [2.45, 2.75) is 18.7 Å². The number of anilines is 3. The average molecular weight is 393 g/mol. The molecule has 0 fully saturated rings. The fourth-order valence-corrected chi connectivity index (χ4v) is 4.17. The number of nitrogens with one attached hydrogen (secondary N) is 3. The molecule has 7 nitrogen and oxygen atoms in total. The number of para-hydroxylation sites is 1. The van der Waals surface area contributed by atoms with Crippen LogP contribution in [0.25, 0.3) is 11.0 Å². The molecule has 0 radical (unpaired) electrons. The third-order valence-corrected chi connectivity index (χ3v) is 5.83. The van der Waals surface area contributed by atoms with Gasteiger partial charge in [0, 0.05) is 11.9 Å². The molecule has 3 N–H and O–H groups in total. The molecule has 142 valence electrons. The van der Waals surface area contributed by atoms with Gasteiger partial charge in [0.1, 0.15) is 5.52 Å². The zero-order valence-electron chi connectivity index (χ0n) is 15.4. The zero-order chi connectivity index (χ0) is 19.7. The van der Waals surface area contributed by atoms with E-state index >= 15 is 0 Å². The topological polar surface area (TPSA) is 99.8 Å². The molecule has 0 amide bonds. The largest absolute Gasteiger partial charge is 0.337 e. The molecule has 0 aliphatic heterocycles. The van der Waals surface area contributed by atoms with Crippen LogP contribution in [-0.4, -0.2) is 23.6 Å². The van der Waals surface area contributed by atoms with E-state index in [0.717, 1.165) is 22.2 Å². The van der Waals surface area contributed by atoms with Crippen molar-refractivity contribution in [3.8, 4) is 0 Å². The second-order valence-corrected chi connectivity index (χ2v) is 8.18. The molecular weight excluding hydrogens is 374 g/mol. The number of rotatable bonds is 5. The number of aromatic nitrogens is 3. The minimum atomic E-state index is -3.68. The number of pyridine rings is 1. The van der Waals surface area contributed by atoms with Gasteiger partial charge in [-0.2, -0.15) is 5.10 Å². The Morgan fingerprint density at radius 1 is 0.929 bits per heavy atom. The molecule has 2 heterocycles. The Morgan fingerprint density at radius 3 is 2.36 bits per heavy atom. The van der Waals surface area contributed by atoms with Gasteiger partial charge < -0.3 is 5.32 Å². The molecule has 0 saturated heterocycles. The van der Waals surface area contributed by atoms with Gasteiger partial charge in [-0.1, -0.05) is 18.2 Å². The third kappa shape index (κ3) is 3.41. The summed E-state index contributed by atoms with van der Waals surface area (Å²) in [6, 6.07) is 15.9. The molecule has 0 bridgehead atoms. The maximum Gasteiger partial charge on any atom is 0.261 e. The Kier molecular flexibility index (Phi) is 4.48. The van der Waals surface area contributed by atoms with E-state index in [1.165, 1.54) is 0 Å². The zero-order valence-corrected chi connectivity index (χ0v) is 16.2. The van der Waals surface area contributed by atoms with Gasteiger partial charge in [0.05, 0.1) is 16.1 Å². The first-order valence-electron chi connectivity index (χ1n) is 8.69. The summed E-state index contributed by atoms with van der Waals surface area (Å²) in [6.45, 7) is 3.75. The van der Waals surface area contributed by atoms with E-state index in [1.54, 1.807) is 30.5 Å². The number of aromatic amines is 1. The number of H-pyrrole nitrogens is 1. The fraction of sp³-hybridized carbons (Fsp3) is 0.100. The second kappa shape index (κ2) is 6.97. The molecule has 2 aromatic carbocycles. The summed E-state index contributed by atoms with van der Waals surface area (Å²) in [5, 5.41) is 10.3. The number of benzene rings is 2. The van der Waals surface area contributed by atoms with Crippen molar-refractivity contribution in [1.82, 2.24) is 15.2 Å². The maximum atomic E-state index is 12.8.